The first-order valence-electron chi connectivity index (χ1n) is 6.17. The minimum absolute atomic E-state index is 0.223. The molecule has 1 atom stereocenters. The SMILES string of the molecule is Nc1ccc(C(O)(CNC(=O)C2CC2)C(F)(F)F)cc1. The van der Waals surface area contributed by atoms with Crippen LogP contribution < -0.4 is 11.1 Å². The van der Waals surface area contributed by atoms with Gasteiger partial charge in [-0.3, -0.25) is 4.79 Å². The number of benzene rings is 1. The Labute approximate surface area is 113 Å². The first kappa shape index (κ1) is 14.6. The number of nitrogens with two attached hydrogens (primary N) is 1. The molecule has 4 N–H and O–H groups in total. The van der Waals surface area contributed by atoms with Crippen molar-refractivity contribution in [3.63, 3.8) is 0 Å². The van der Waals surface area contributed by atoms with Crippen LogP contribution in [0.5, 0.6) is 0 Å². The smallest absolute Gasteiger partial charge is 0.399 e. The van der Waals surface area contributed by atoms with Gasteiger partial charge in [0.1, 0.15) is 0 Å². The number of nitrogens with one attached hydrogen (secondary N) is 1. The Hall–Kier alpha value is -1.76. The predicted molar refractivity (Wildman–Crippen MR) is 66.5 cm³/mol. The summed E-state index contributed by atoms with van der Waals surface area (Å²) in [6.07, 6.45) is -3.55. The third-order valence-electron chi connectivity index (χ3n) is 3.32. The Kier molecular flexibility index (Phi) is 3.64. The molecule has 0 bridgehead atoms. The number of halogens is 3. The van der Waals surface area contributed by atoms with E-state index in [9.17, 15) is 23.1 Å². The zero-order chi connectivity index (χ0) is 15.0. The highest BCUT2D eigenvalue weighted by Crippen LogP contribution is 2.39. The quantitative estimate of drug-likeness (QED) is 0.736. The van der Waals surface area contributed by atoms with Crippen molar-refractivity contribution in [3.8, 4) is 0 Å². The second kappa shape index (κ2) is 4.97. The number of hydrogen-bond acceptors (Lipinski definition) is 3. The summed E-state index contributed by atoms with van der Waals surface area (Å²) in [6, 6.07) is 4.75. The van der Waals surface area contributed by atoms with Gasteiger partial charge in [0.25, 0.3) is 0 Å². The second-order valence-electron chi connectivity index (χ2n) is 4.97. The molecule has 0 radical (unpaired) electrons. The molecule has 110 valence electrons. The van der Waals surface area contributed by atoms with E-state index in [-0.39, 0.29) is 11.5 Å². The molecule has 1 aromatic rings. The highest BCUT2D eigenvalue weighted by Gasteiger charge is 2.55. The Bertz CT molecular complexity index is 497. The molecule has 1 aromatic carbocycles. The third kappa shape index (κ3) is 2.87. The molecule has 1 unspecified atom stereocenters. The molecule has 4 nitrogen and oxygen atoms in total. The van der Waals surface area contributed by atoms with E-state index in [1.54, 1.807) is 0 Å². The topological polar surface area (TPSA) is 75.3 Å². The van der Waals surface area contributed by atoms with Gasteiger partial charge in [-0.05, 0) is 30.5 Å². The van der Waals surface area contributed by atoms with E-state index in [1.807, 2.05) is 0 Å². The van der Waals surface area contributed by atoms with Crippen LogP contribution in [-0.4, -0.2) is 23.7 Å². The number of carbonyl (C=O) groups excluding carboxylic acids is 1. The average Bonchev–Trinajstić information content (AvgIpc) is 3.19. The number of amides is 1. The lowest BCUT2D eigenvalue weighted by molar-refractivity contribution is -0.264. The third-order valence-corrected chi connectivity index (χ3v) is 3.32. The van der Waals surface area contributed by atoms with Crippen LogP contribution in [0.4, 0.5) is 18.9 Å². The molecule has 1 aliphatic rings. The van der Waals surface area contributed by atoms with E-state index in [0.29, 0.717) is 18.5 Å². The standard InChI is InChI=1S/C13H15F3N2O2/c14-13(15,16)12(20,7-18-11(19)8-1-2-8)9-3-5-10(17)6-4-9/h3-6,8,20H,1-2,7,17H2,(H,18,19). The summed E-state index contributed by atoms with van der Waals surface area (Å²) in [5.74, 6) is -0.679. The fourth-order valence-corrected chi connectivity index (χ4v) is 1.83. The van der Waals surface area contributed by atoms with Gasteiger partial charge in [0, 0.05) is 11.6 Å². The number of carbonyl (C=O) groups is 1. The number of rotatable bonds is 4. The molecule has 20 heavy (non-hydrogen) atoms. The average molecular weight is 288 g/mol. The monoisotopic (exact) mass is 288 g/mol. The number of anilines is 1. The van der Waals surface area contributed by atoms with E-state index in [0.717, 1.165) is 12.1 Å². The Morgan fingerprint density at radius 3 is 2.30 bits per heavy atom. The summed E-state index contributed by atoms with van der Waals surface area (Å²) >= 11 is 0. The van der Waals surface area contributed by atoms with Crippen LogP contribution in [0.3, 0.4) is 0 Å². The van der Waals surface area contributed by atoms with Crippen molar-refractivity contribution in [1.82, 2.24) is 5.32 Å². The Morgan fingerprint density at radius 1 is 1.30 bits per heavy atom. The molecule has 1 fully saturated rings. The summed E-state index contributed by atoms with van der Waals surface area (Å²) in [6.45, 7) is -0.907. The normalized spacial score (nSPS) is 18.4. The predicted octanol–water partition coefficient (Wildman–Crippen LogP) is 1.54. The van der Waals surface area contributed by atoms with Crippen LogP contribution in [0, 0.1) is 5.92 Å². The van der Waals surface area contributed by atoms with Crippen LogP contribution in [-0.2, 0) is 10.4 Å². The first-order chi connectivity index (χ1) is 9.24. The van der Waals surface area contributed by atoms with E-state index in [4.69, 9.17) is 5.73 Å². The minimum Gasteiger partial charge on any atom is -0.399 e. The maximum absolute atomic E-state index is 13.1. The van der Waals surface area contributed by atoms with Crippen molar-refractivity contribution < 1.29 is 23.1 Å². The highest BCUT2D eigenvalue weighted by atomic mass is 19.4. The van der Waals surface area contributed by atoms with Crippen LogP contribution in [0.1, 0.15) is 18.4 Å². The summed E-state index contributed by atoms with van der Waals surface area (Å²) in [4.78, 5) is 11.5. The van der Waals surface area contributed by atoms with Gasteiger partial charge in [0.15, 0.2) is 0 Å². The molecule has 7 heteroatoms. The number of hydrogen-bond donors (Lipinski definition) is 3. The molecule has 1 aliphatic carbocycles. The van der Waals surface area contributed by atoms with E-state index in [2.05, 4.69) is 5.32 Å². The summed E-state index contributed by atoms with van der Waals surface area (Å²) in [5.41, 5.74) is 2.24. The van der Waals surface area contributed by atoms with Gasteiger partial charge in [-0.2, -0.15) is 13.2 Å². The molecule has 2 rings (SSSR count). The van der Waals surface area contributed by atoms with E-state index in [1.165, 1.54) is 12.1 Å². The first-order valence-corrected chi connectivity index (χ1v) is 6.17. The Balaban J connectivity index is 2.20. The lowest BCUT2D eigenvalue weighted by Gasteiger charge is -2.31. The number of aliphatic hydroxyl groups is 1. The van der Waals surface area contributed by atoms with Crippen molar-refractivity contribution in [1.29, 1.82) is 0 Å². The summed E-state index contributed by atoms with van der Waals surface area (Å²) in [7, 11) is 0. The van der Waals surface area contributed by atoms with Crippen LogP contribution in [0.2, 0.25) is 0 Å². The van der Waals surface area contributed by atoms with Crippen molar-refractivity contribution in [2.75, 3.05) is 12.3 Å². The summed E-state index contributed by atoms with van der Waals surface area (Å²) in [5, 5.41) is 12.1. The van der Waals surface area contributed by atoms with Gasteiger partial charge in [0.2, 0.25) is 11.5 Å². The van der Waals surface area contributed by atoms with Gasteiger partial charge >= 0.3 is 6.18 Å². The maximum Gasteiger partial charge on any atom is 0.423 e. The molecule has 1 amide bonds. The van der Waals surface area contributed by atoms with Crippen LogP contribution in [0.15, 0.2) is 24.3 Å². The van der Waals surface area contributed by atoms with E-state index >= 15 is 0 Å². The Morgan fingerprint density at radius 2 is 1.85 bits per heavy atom. The van der Waals surface area contributed by atoms with Crippen LogP contribution in [0.25, 0.3) is 0 Å². The van der Waals surface area contributed by atoms with Gasteiger partial charge in [-0.25, -0.2) is 0 Å². The zero-order valence-corrected chi connectivity index (χ0v) is 10.6. The molecule has 0 aliphatic heterocycles. The van der Waals surface area contributed by atoms with Crippen LogP contribution >= 0.6 is 0 Å². The van der Waals surface area contributed by atoms with Crippen molar-refractivity contribution in [3.05, 3.63) is 29.8 Å². The van der Waals surface area contributed by atoms with Gasteiger partial charge in [-0.15, -0.1) is 0 Å². The molecular formula is C13H15F3N2O2. The second-order valence-corrected chi connectivity index (χ2v) is 4.97. The van der Waals surface area contributed by atoms with Gasteiger partial charge in [-0.1, -0.05) is 12.1 Å². The fourth-order valence-electron chi connectivity index (χ4n) is 1.83. The minimum atomic E-state index is -4.90. The van der Waals surface area contributed by atoms with Gasteiger partial charge in [0.05, 0.1) is 6.54 Å². The maximum atomic E-state index is 13.1. The zero-order valence-electron chi connectivity index (χ0n) is 10.6. The highest BCUT2D eigenvalue weighted by molar-refractivity contribution is 5.80. The molecule has 0 spiro atoms. The molecule has 0 saturated heterocycles. The van der Waals surface area contributed by atoms with Crippen molar-refractivity contribution in [2.45, 2.75) is 24.6 Å². The lowest BCUT2D eigenvalue weighted by atomic mass is 9.92. The number of alkyl halides is 3. The molecule has 0 heterocycles. The lowest BCUT2D eigenvalue weighted by Crippen LogP contribution is -2.51. The van der Waals surface area contributed by atoms with Crippen molar-refractivity contribution >= 4 is 11.6 Å². The fraction of sp³-hybridized carbons (Fsp3) is 0.462. The number of nitrogen functional groups attached to an aromatic ring is 1. The van der Waals surface area contributed by atoms with Gasteiger partial charge < -0.3 is 16.2 Å². The van der Waals surface area contributed by atoms with E-state index < -0.39 is 24.2 Å². The largest absolute Gasteiger partial charge is 0.423 e. The molecule has 0 aromatic heterocycles. The molecule has 1 saturated carbocycles. The molecular weight excluding hydrogens is 273 g/mol. The summed E-state index contributed by atoms with van der Waals surface area (Å²) < 4.78 is 39.4. The van der Waals surface area contributed by atoms with Crippen molar-refractivity contribution in [2.24, 2.45) is 5.92 Å².